The molecule has 2 rings (SSSR count). The van der Waals surface area contributed by atoms with E-state index in [-0.39, 0.29) is 24.2 Å². The molecule has 0 saturated carbocycles. The van der Waals surface area contributed by atoms with Crippen LogP contribution < -0.4 is 15.4 Å². The van der Waals surface area contributed by atoms with Gasteiger partial charge in [0.25, 0.3) is 0 Å². The van der Waals surface area contributed by atoms with Crippen molar-refractivity contribution in [3.8, 4) is 5.75 Å². The van der Waals surface area contributed by atoms with Crippen LogP contribution in [-0.2, 0) is 22.4 Å². The molecule has 0 bridgehead atoms. The third-order valence-electron chi connectivity index (χ3n) is 4.63. The summed E-state index contributed by atoms with van der Waals surface area (Å²) in [6.07, 6.45) is 1.02. The molecule has 150 valence electrons. The van der Waals surface area contributed by atoms with E-state index in [1.165, 1.54) is 6.07 Å². The minimum Gasteiger partial charge on any atom is -0.497 e. The summed E-state index contributed by atoms with van der Waals surface area (Å²) in [6, 6.07) is 14.0. The van der Waals surface area contributed by atoms with Crippen molar-refractivity contribution < 1.29 is 18.7 Å². The third kappa shape index (κ3) is 5.81. The van der Waals surface area contributed by atoms with Crippen molar-refractivity contribution in [2.75, 3.05) is 20.2 Å². The van der Waals surface area contributed by atoms with E-state index in [0.717, 1.165) is 11.3 Å². The number of ether oxygens (including phenoxy) is 1. The number of carbonyl (C=O) groups is 2. The first kappa shape index (κ1) is 21.4. The Morgan fingerprint density at radius 3 is 2.07 bits per heavy atom. The number of methoxy groups -OCH3 is 1. The molecule has 0 radical (unpaired) electrons. The second-order valence-electron chi connectivity index (χ2n) is 7.08. The second kappa shape index (κ2) is 9.88. The minimum absolute atomic E-state index is 0.266. The van der Waals surface area contributed by atoms with Crippen molar-refractivity contribution >= 4 is 11.8 Å². The van der Waals surface area contributed by atoms with E-state index in [1.54, 1.807) is 39.2 Å². The Labute approximate surface area is 165 Å². The number of halogens is 1. The van der Waals surface area contributed by atoms with Crippen LogP contribution in [0.1, 0.15) is 25.0 Å². The van der Waals surface area contributed by atoms with Crippen LogP contribution >= 0.6 is 0 Å². The number of carbonyl (C=O) groups excluding carboxylic acids is 2. The molecule has 2 amide bonds. The highest BCUT2D eigenvalue weighted by molar-refractivity contribution is 6.04. The standard InChI is InChI=1S/C22H27FN2O3/c1-22(2,21(27)25-15-13-17-6-4-5-7-19(17)23)20(26)24-14-12-16-8-10-18(28-3)11-9-16/h4-11H,12-15H2,1-3H3,(H,24,26)(H,25,27). The zero-order valence-corrected chi connectivity index (χ0v) is 16.5. The quantitative estimate of drug-likeness (QED) is 0.651. The SMILES string of the molecule is COc1ccc(CCNC(=O)C(C)(C)C(=O)NCCc2ccccc2F)cc1. The number of hydrogen-bond donors (Lipinski definition) is 2. The number of hydrogen-bond acceptors (Lipinski definition) is 3. The van der Waals surface area contributed by atoms with Gasteiger partial charge in [-0.3, -0.25) is 9.59 Å². The lowest BCUT2D eigenvalue weighted by Crippen LogP contribution is -2.48. The number of benzene rings is 2. The highest BCUT2D eigenvalue weighted by Crippen LogP contribution is 2.16. The molecule has 0 atom stereocenters. The molecule has 2 aromatic rings. The average Bonchev–Trinajstić information content (AvgIpc) is 2.69. The van der Waals surface area contributed by atoms with Crippen LogP contribution in [0.3, 0.4) is 0 Å². The molecule has 5 nitrogen and oxygen atoms in total. The fourth-order valence-electron chi connectivity index (χ4n) is 2.67. The Hall–Kier alpha value is -2.89. The predicted molar refractivity (Wildman–Crippen MR) is 107 cm³/mol. The summed E-state index contributed by atoms with van der Waals surface area (Å²) in [5.41, 5.74) is 0.382. The van der Waals surface area contributed by atoms with Crippen LogP contribution in [0, 0.1) is 11.2 Å². The van der Waals surface area contributed by atoms with Crippen LogP contribution in [0.4, 0.5) is 4.39 Å². The fourth-order valence-corrected chi connectivity index (χ4v) is 2.67. The largest absolute Gasteiger partial charge is 0.497 e. The van der Waals surface area contributed by atoms with Gasteiger partial charge in [-0.2, -0.15) is 0 Å². The number of nitrogens with one attached hydrogen (secondary N) is 2. The van der Waals surface area contributed by atoms with E-state index in [2.05, 4.69) is 10.6 Å². The Kier molecular flexibility index (Phi) is 7.55. The van der Waals surface area contributed by atoms with Crippen molar-refractivity contribution in [3.05, 3.63) is 65.5 Å². The summed E-state index contributed by atoms with van der Waals surface area (Å²) in [5, 5.41) is 5.53. The van der Waals surface area contributed by atoms with Crippen molar-refractivity contribution in [1.82, 2.24) is 10.6 Å². The van der Waals surface area contributed by atoms with Crippen molar-refractivity contribution in [3.63, 3.8) is 0 Å². The van der Waals surface area contributed by atoms with E-state index in [1.807, 2.05) is 24.3 Å². The first-order chi connectivity index (χ1) is 13.3. The normalized spacial score (nSPS) is 11.0. The maximum atomic E-state index is 13.6. The molecule has 0 aromatic heterocycles. The van der Waals surface area contributed by atoms with Gasteiger partial charge in [0.1, 0.15) is 17.0 Å². The fraction of sp³-hybridized carbons (Fsp3) is 0.364. The summed E-state index contributed by atoms with van der Waals surface area (Å²) in [5.74, 6) is -0.247. The highest BCUT2D eigenvalue weighted by Gasteiger charge is 2.35. The van der Waals surface area contributed by atoms with Gasteiger partial charge < -0.3 is 15.4 Å². The van der Waals surface area contributed by atoms with Crippen LogP contribution in [0.15, 0.2) is 48.5 Å². The molecule has 6 heteroatoms. The average molecular weight is 386 g/mol. The van der Waals surface area contributed by atoms with Gasteiger partial charge in [0.15, 0.2) is 0 Å². The summed E-state index contributed by atoms with van der Waals surface area (Å²) in [7, 11) is 1.61. The molecule has 0 aliphatic rings. The van der Waals surface area contributed by atoms with Crippen molar-refractivity contribution in [1.29, 1.82) is 0 Å². The predicted octanol–water partition coefficient (Wildman–Crippen LogP) is 2.88. The molecule has 28 heavy (non-hydrogen) atoms. The monoisotopic (exact) mass is 386 g/mol. The molecule has 0 spiro atoms. The van der Waals surface area contributed by atoms with Gasteiger partial charge in [-0.25, -0.2) is 4.39 Å². The molecule has 2 N–H and O–H groups in total. The van der Waals surface area contributed by atoms with Gasteiger partial charge in [0.2, 0.25) is 11.8 Å². The highest BCUT2D eigenvalue weighted by atomic mass is 19.1. The van der Waals surface area contributed by atoms with Gasteiger partial charge >= 0.3 is 0 Å². The Morgan fingerprint density at radius 1 is 0.929 bits per heavy atom. The molecule has 0 heterocycles. The van der Waals surface area contributed by atoms with Gasteiger partial charge in [-0.1, -0.05) is 30.3 Å². The van der Waals surface area contributed by atoms with Gasteiger partial charge in [-0.05, 0) is 56.0 Å². The summed E-state index contributed by atoms with van der Waals surface area (Å²) in [4.78, 5) is 24.8. The number of amides is 2. The first-order valence-electron chi connectivity index (χ1n) is 9.27. The number of rotatable bonds is 9. The molecular weight excluding hydrogens is 359 g/mol. The van der Waals surface area contributed by atoms with Crippen LogP contribution in [-0.4, -0.2) is 32.0 Å². The zero-order chi connectivity index (χ0) is 20.6. The van der Waals surface area contributed by atoms with Crippen LogP contribution in [0.2, 0.25) is 0 Å². The van der Waals surface area contributed by atoms with Crippen molar-refractivity contribution in [2.45, 2.75) is 26.7 Å². The van der Waals surface area contributed by atoms with Gasteiger partial charge in [0.05, 0.1) is 7.11 Å². The Balaban J connectivity index is 1.78. The molecule has 2 aromatic carbocycles. The molecule has 0 aliphatic carbocycles. The summed E-state index contributed by atoms with van der Waals surface area (Å²) < 4.78 is 18.7. The third-order valence-corrected chi connectivity index (χ3v) is 4.63. The first-order valence-corrected chi connectivity index (χ1v) is 9.27. The smallest absolute Gasteiger partial charge is 0.235 e. The maximum Gasteiger partial charge on any atom is 0.235 e. The lowest BCUT2D eigenvalue weighted by Gasteiger charge is -2.22. The summed E-state index contributed by atoms with van der Waals surface area (Å²) in [6.45, 7) is 3.85. The lowest BCUT2D eigenvalue weighted by molar-refractivity contribution is -0.141. The molecular formula is C22H27FN2O3. The second-order valence-corrected chi connectivity index (χ2v) is 7.08. The molecule has 0 saturated heterocycles. The van der Waals surface area contributed by atoms with Gasteiger partial charge in [-0.15, -0.1) is 0 Å². The molecule has 0 unspecified atom stereocenters. The van der Waals surface area contributed by atoms with Crippen molar-refractivity contribution in [2.24, 2.45) is 5.41 Å². The lowest BCUT2D eigenvalue weighted by atomic mass is 9.91. The van der Waals surface area contributed by atoms with E-state index in [0.29, 0.717) is 24.9 Å². The van der Waals surface area contributed by atoms with E-state index >= 15 is 0 Å². The Bertz CT molecular complexity index is 804. The maximum absolute atomic E-state index is 13.6. The summed E-state index contributed by atoms with van der Waals surface area (Å²) >= 11 is 0. The molecule has 0 fully saturated rings. The molecule has 0 aliphatic heterocycles. The van der Waals surface area contributed by atoms with E-state index in [9.17, 15) is 14.0 Å². The topological polar surface area (TPSA) is 67.4 Å². The Morgan fingerprint density at radius 2 is 1.50 bits per heavy atom. The van der Waals surface area contributed by atoms with Crippen LogP contribution in [0.25, 0.3) is 0 Å². The van der Waals surface area contributed by atoms with Gasteiger partial charge in [0, 0.05) is 13.1 Å². The zero-order valence-electron chi connectivity index (χ0n) is 16.5. The van der Waals surface area contributed by atoms with E-state index < -0.39 is 5.41 Å². The van der Waals surface area contributed by atoms with E-state index in [4.69, 9.17) is 4.74 Å². The van der Waals surface area contributed by atoms with Crippen LogP contribution in [0.5, 0.6) is 5.75 Å². The minimum atomic E-state index is -1.21.